The van der Waals surface area contributed by atoms with E-state index in [0.29, 0.717) is 6.61 Å². The minimum atomic E-state index is -0.208. The molecule has 0 aliphatic carbocycles. The van der Waals surface area contributed by atoms with Gasteiger partial charge in [0.15, 0.2) is 0 Å². The van der Waals surface area contributed by atoms with Crippen LogP contribution in [0.5, 0.6) is 5.75 Å². The molecule has 0 aromatic heterocycles. The van der Waals surface area contributed by atoms with Crippen LogP contribution in [0.15, 0.2) is 71.8 Å². The van der Waals surface area contributed by atoms with E-state index >= 15 is 0 Å². The molecule has 2 N–H and O–H groups in total. The van der Waals surface area contributed by atoms with Gasteiger partial charge < -0.3 is 10.1 Å². The molecule has 5 nitrogen and oxygen atoms in total. The average molecular weight is 347 g/mol. The Morgan fingerprint density at radius 2 is 1.81 bits per heavy atom. The first kappa shape index (κ1) is 17.5. The van der Waals surface area contributed by atoms with Gasteiger partial charge in [0, 0.05) is 5.69 Å². The second-order valence-corrected chi connectivity index (χ2v) is 5.71. The van der Waals surface area contributed by atoms with Crippen molar-refractivity contribution in [3.63, 3.8) is 0 Å². The zero-order valence-corrected chi connectivity index (χ0v) is 14.6. The third-order valence-electron chi connectivity index (χ3n) is 3.80. The van der Waals surface area contributed by atoms with Gasteiger partial charge in [0.05, 0.1) is 19.4 Å². The molecular formula is C21H21N3O2. The first-order valence-electron chi connectivity index (χ1n) is 8.52. The lowest BCUT2D eigenvalue weighted by Crippen LogP contribution is -2.25. The van der Waals surface area contributed by atoms with E-state index in [4.69, 9.17) is 4.74 Å². The minimum Gasteiger partial charge on any atom is -0.494 e. The van der Waals surface area contributed by atoms with Crippen LogP contribution < -0.4 is 15.5 Å². The summed E-state index contributed by atoms with van der Waals surface area (Å²) in [5.41, 5.74) is 4.30. The van der Waals surface area contributed by atoms with Crippen LogP contribution in [0.25, 0.3) is 10.8 Å². The number of nitrogens with zero attached hydrogens (tertiary/aromatic N) is 1. The molecule has 0 atom stereocenters. The summed E-state index contributed by atoms with van der Waals surface area (Å²) < 4.78 is 5.38. The maximum atomic E-state index is 11.9. The van der Waals surface area contributed by atoms with Crippen molar-refractivity contribution in [1.29, 1.82) is 0 Å². The van der Waals surface area contributed by atoms with Gasteiger partial charge in [0.1, 0.15) is 5.75 Å². The highest BCUT2D eigenvalue weighted by Crippen LogP contribution is 2.18. The Balaban J connectivity index is 1.48. The van der Waals surface area contributed by atoms with Gasteiger partial charge in [-0.1, -0.05) is 30.3 Å². The summed E-state index contributed by atoms with van der Waals surface area (Å²) in [5, 5.41) is 9.38. The van der Waals surface area contributed by atoms with Crippen LogP contribution in [0.1, 0.15) is 12.5 Å². The monoisotopic (exact) mass is 347 g/mol. The zero-order valence-electron chi connectivity index (χ0n) is 14.6. The van der Waals surface area contributed by atoms with Crippen molar-refractivity contribution in [2.45, 2.75) is 6.92 Å². The summed E-state index contributed by atoms with van der Waals surface area (Å²) in [4.78, 5) is 11.9. The molecule has 0 bridgehead atoms. The molecule has 0 fully saturated rings. The van der Waals surface area contributed by atoms with Gasteiger partial charge in [-0.15, -0.1) is 0 Å². The van der Waals surface area contributed by atoms with E-state index in [1.807, 2.05) is 67.6 Å². The van der Waals surface area contributed by atoms with Crippen LogP contribution in [-0.4, -0.2) is 25.3 Å². The van der Waals surface area contributed by atoms with Crippen molar-refractivity contribution in [3.05, 3.63) is 72.3 Å². The summed E-state index contributed by atoms with van der Waals surface area (Å²) in [7, 11) is 0. The highest BCUT2D eigenvalue weighted by atomic mass is 16.5. The Kier molecular flexibility index (Phi) is 5.83. The maximum Gasteiger partial charge on any atom is 0.259 e. The second-order valence-electron chi connectivity index (χ2n) is 5.71. The van der Waals surface area contributed by atoms with Gasteiger partial charge >= 0.3 is 0 Å². The molecule has 3 aromatic carbocycles. The Labute approximate surface area is 152 Å². The highest BCUT2D eigenvalue weighted by molar-refractivity contribution is 5.87. The lowest BCUT2D eigenvalue weighted by Gasteiger charge is -2.06. The molecule has 0 aliphatic rings. The topological polar surface area (TPSA) is 62.7 Å². The van der Waals surface area contributed by atoms with Gasteiger partial charge in [-0.2, -0.15) is 5.10 Å². The van der Waals surface area contributed by atoms with Crippen LogP contribution in [0.3, 0.4) is 0 Å². The highest BCUT2D eigenvalue weighted by Gasteiger charge is 2.01. The number of hydrazone groups is 1. The smallest absolute Gasteiger partial charge is 0.259 e. The Morgan fingerprint density at radius 3 is 2.58 bits per heavy atom. The Hall–Kier alpha value is -3.34. The predicted molar refractivity (Wildman–Crippen MR) is 106 cm³/mol. The van der Waals surface area contributed by atoms with E-state index in [1.54, 1.807) is 6.21 Å². The SMILES string of the molecule is CCOc1ccc(/C=N\NC(=O)CNc2ccc3ccccc3c2)cc1. The van der Waals surface area contributed by atoms with E-state index in [-0.39, 0.29) is 12.5 Å². The van der Waals surface area contributed by atoms with Crippen molar-refractivity contribution >= 4 is 28.6 Å². The van der Waals surface area contributed by atoms with Gasteiger partial charge in [0.25, 0.3) is 5.91 Å². The largest absolute Gasteiger partial charge is 0.494 e. The molecule has 0 aliphatic heterocycles. The number of hydrogen-bond donors (Lipinski definition) is 2. The summed E-state index contributed by atoms with van der Waals surface area (Å²) in [6.45, 7) is 2.73. The zero-order chi connectivity index (χ0) is 18.2. The number of hydrogen-bond acceptors (Lipinski definition) is 4. The Morgan fingerprint density at radius 1 is 1.04 bits per heavy atom. The van der Waals surface area contributed by atoms with E-state index in [1.165, 1.54) is 5.39 Å². The maximum absolute atomic E-state index is 11.9. The molecule has 26 heavy (non-hydrogen) atoms. The molecule has 0 unspecified atom stereocenters. The minimum absolute atomic E-state index is 0.152. The number of rotatable bonds is 7. The molecule has 0 heterocycles. The van der Waals surface area contributed by atoms with E-state index in [2.05, 4.69) is 21.9 Å². The third kappa shape index (κ3) is 4.83. The van der Waals surface area contributed by atoms with E-state index in [9.17, 15) is 4.79 Å². The van der Waals surface area contributed by atoms with Crippen LogP contribution in [0, 0.1) is 0 Å². The van der Waals surface area contributed by atoms with Gasteiger partial charge in [-0.3, -0.25) is 4.79 Å². The third-order valence-corrected chi connectivity index (χ3v) is 3.80. The van der Waals surface area contributed by atoms with Crippen LogP contribution in [0.4, 0.5) is 5.69 Å². The molecule has 3 aromatic rings. The summed E-state index contributed by atoms with van der Waals surface area (Å²) >= 11 is 0. The molecule has 0 spiro atoms. The lowest BCUT2D eigenvalue weighted by atomic mass is 10.1. The number of ether oxygens (including phenoxy) is 1. The number of nitrogens with one attached hydrogen (secondary N) is 2. The number of benzene rings is 3. The van der Waals surface area contributed by atoms with Crippen LogP contribution in [-0.2, 0) is 4.79 Å². The van der Waals surface area contributed by atoms with Crippen molar-refractivity contribution in [1.82, 2.24) is 5.43 Å². The standard InChI is InChI=1S/C21H21N3O2/c1-2-26-20-11-7-16(8-12-20)14-23-24-21(25)15-22-19-10-9-17-5-3-4-6-18(17)13-19/h3-14,22H,2,15H2,1H3,(H,24,25)/b23-14-. The number of fused-ring (bicyclic) bond motifs is 1. The second kappa shape index (κ2) is 8.67. The average Bonchev–Trinajstić information content (AvgIpc) is 2.68. The van der Waals surface area contributed by atoms with Crippen molar-refractivity contribution in [2.24, 2.45) is 5.10 Å². The van der Waals surface area contributed by atoms with Crippen molar-refractivity contribution in [3.8, 4) is 5.75 Å². The molecule has 0 saturated heterocycles. The predicted octanol–water partition coefficient (Wildman–Crippen LogP) is 3.80. The lowest BCUT2D eigenvalue weighted by molar-refractivity contribution is -0.119. The van der Waals surface area contributed by atoms with Crippen molar-refractivity contribution < 1.29 is 9.53 Å². The fourth-order valence-electron chi connectivity index (χ4n) is 2.52. The quantitative estimate of drug-likeness (QED) is 0.505. The first-order chi connectivity index (χ1) is 12.7. The first-order valence-corrected chi connectivity index (χ1v) is 8.52. The van der Waals surface area contributed by atoms with Gasteiger partial charge in [-0.25, -0.2) is 5.43 Å². The fraction of sp³-hybridized carbons (Fsp3) is 0.143. The number of anilines is 1. The number of carbonyl (C=O) groups is 1. The molecule has 3 rings (SSSR count). The number of amides is 1. The summed E-state index contributed by atoms with van der Waals surface area (Å²) in [6.07, 6.45) is 1.60. The van der Waals surface area contributed by atoms with Crippen LogP contribution >= 0.6 is 0 Å². The van der Waals surface area contributed by atoms with Gasteiger partial charge in [-0.05, 0) is 59.7 Å². The van der Waals surface area contributed by atoms with Crippen LogP contribution in [0.2, 0.25) is 0 Å². The fourth-order valence-corrected chi connectivity index (χ4v) is 2.52. The summed E-state index contributed by atoms with van der Waals surface area (Å²) in [6, 6.07) is 21.6. The van der Waals surface area contributed by atoms with Gasteiger partial charge in [0.2, 0.25) is 0 Å². The molecule has 5 heteroatoms. The molecule has 0 saturated carbocycles. The number of carbonyl (C=O) groups excluding carboxylic acids is 1. The van der Waals surface area contributed by atoms with E-state index in [0.717, 1.165) is 22.4 Å². The summed E-state index contributed by atoms with van der Waals surface area (Å²) in [5.74, 6) is 0.605. The molecule has 0 radical (unpaired) electrons. The normalized spacial score (nSPS) is 10.8. The van der Waals surface area contributed by atoms with Crippen molar-refractivity contribution in [2.75, 3.05) is 18.5 Å². The molecule has 132 valence electrons. The molecule has 1 amide bonds. The molecular weight excluding hydrogens is 326 g/mol. The van der Waals surface area contributed by atoms with E-state index < -0.39 is 0 Å². The Bertz CT molecular complexity index is 905.